The largest absolute Gasteiger partial charge is 0.504 e. The maximum Gasteiger partial charge on any atom is 0.333 e. The second-order valence-corrected chi connectivity index (χ2v) is 16.7. The molecule has 8 heterocycles. The van der Waals surface area contributed by atoms with Gasteiger partial charge in [0.2, 0.25) is 6.79 Å². The summed E-state index contributed by atoms with van der Waals surface area (Å²) in [5.74, 6) is 0.777. The maximum atomic E-state index is 14.9. The van der Waals surface area contributed by atoms with Crippen molar-refractivity contribution in [2.75, 3.05) is 46.9 Å². The van der Waals surface area contributed by atoms with Gasteiger partial charge in [0.1, 0.15) is 24.3 Å². The highest BCUT2D eigenvalue weighted by molar-refractivity contribution is 7.99. The normalized spacial score (nSPS) is 30.0. The number of aromatic nitrogens is 1. The third-order valence-electron chi connectivity index (χ3n) is 12.8. The Morgan fingerprint density at radius 3 is 2.71 bits per heavy atom. The molecule has 4 N–H and O–H groups in total. The van der Waals surface area contributed by atoms with E-state index in [1.165, 1.54) is 25.8 Å². The molecule has 14 nitrogen and oxygen atoms in total. The zero-order valence-electron chi connectivity index (χ0n) is 34.5. The number of aromatic hydroxyl groups is 1. The summed E-state index contributed by atoms with van der Waals surface area (Å²) in [6, 6.07) is 4.68. The summed E-state index contributed by atoms with van der Waals surface area (Å²) in [5.41, 5.74) is 4.91. The van der Waals surface area contributed by atoms with E-state index in [4.69, 9.17) is 32.5 Å². The minimum Gasteiger partial charge on any atom is -0.504 e. The number of thioether (sulfide) groups is 1. The van der Waals surface area contributed by atoms with Gasteiger partial charge < -0.3 is 43.6 Å². The number of nitrogens with one attached hydrogen (secondary N) is 2. The highest BCUT2D eigenvalue weighted by Gasteiger charge is 2.61. The number of nitrogens with zero attached hydrogens (tertiary/aromatic N) is 2. The number of aliphatic hydroxyl groups excluding tert-OH is 1. The monoisotopic (exact) mass is 787 g/mol. The predicted molar refractivity (Wildman–Crippen MR) is 205 cm³/mol. The molecule has 4 aromatic rings. The van der Waals surface area contributed by atoms with Crippen LogP contribution in [0.5, 0.6) is 34.5 Å². The molecule has 15 heteroatoms. The standard InChI is InChI=1S/C41H44N4O10S/c1-17-11-20-12-25-39(48)45-26-14-52-40(49)41(38-22(9-10-42-41)23-13-21(50-5)7-8-24(23)43-38)15-56-37(31(45)30(44(25)4)27(20)32(47)33(17)51-6)29-28(26)36-35(53-16-54-36)18(2)34(29)55-19(3)46/h7-8,11,13,25-26,30-31,37,39,42-43,47-48H,9-10,12,14-16H2,1-6H3/t25-,26-,30+,31+,37+,39-,41+/m0/s1/i5D3. The van der Waals surface area contributed by atoms with E-state index in [1.54, 1.807) is 18.2 Å². The van der Waals surface area contributed by atoms with E-state index in [0.717, 1.165) is 22.1 Å². The first-order valence-corrected chi connectivity index (χ1v) is 19.8. The van der Waals surface area contributed by atoms with Crippen LogP contribution in [0.4, 0.5) is 0 Å². The van der Waals surface area contributed by atoms with Crippen molar-refractivity contribution in [2.24, 2.45) is 0 Å². The van der Waals surface area contributed by atoms with Crippen molar-refractivity contribution in [1.82, 2.24) is 20.1 Å². The second kappa shape index (κ2) is 12.7. The summed E-state index contributed by atoms with van der Waals surface area (Å²) >= 11 is 1.46. The van der Waals surface area contributed by atoms with E-state index >= 15 is 0 Å². The number of methoxy groups -OCH3 is 2. The van der Waals surface area contributed by atoms with Crippen LogP contribution in [0.15, 0.2) is 24.3 Å². The number of rotatable bonds is 3. The van der Waals surface area contributed by atoms with E-state index in [-0.39, 0.29) is 30.7 Å². The lowest BCUT2D eigenvalue weighted by Gasteiger charge is -2.62. The number of carbonyl (C=O) groups excluding carboxylic acids is 2. The molecule has 7 aliphatic rings. The number of phenols is 1. The van der Waals surface area contributed by atoms with Gasteiger partial charge in [-0.2, -0.15) is 0 Å². The average Bonchev–Trinajstić information content (AvgIpc) is 3.82. The van der Waals surface area contributed by atoms with E-state index in [2.05, 4.69) is 15.2 Å². The van der Waals surface area contributed by atoms with Crippen LogP contribution in [0.3, 0.4) is 0 Å². The van der Waals surface area contributed by atoms with E-state index in [9.17, 15) is 19.8 Å². The lowest BCUT2D eigenvalue weighted by atomic mass is 9.73. The highest BCUT2D eigenvalue weighted by Crippen LogP contribution is 2.64. The predicted octanol–water partition coefficient (Wildman–Crippen LogP) is 4.19. The lowest BCUT2D eigenvalue weighted by Crippen LogP contribution is -2.70. The fraction of sp³-hybridized carbons (Fsp3) is 0.463. The Labute approximate surface area is 331 Å². The minimum atomic E-state index is -2.64. The second-order valence-electron chi connectivity index (χ2n) is 15.5. The van der Waals surface area contributed by atoms with Gasteiger partial charge in [-0.15, -0.1) is 11.8 Å². The molecule has 0 amide bonds. The maximum absolute atomic E-state index is 14.9. The summed E-state index contributed by atoms with van der Waals surface area (Å²) in [5, 5.41) is 28.3. The average molecular weight is 788 g/mol. The van der Waals surface area contributed by atoms with Gasteiger partial charge in [-0.25, -0.2) is 4.79 Å². The van der Waals surface area contributed by atoms with Crippen molar-refractivity contribution in [1.29, 1.82) is 0 Å². The van der Waals surface area contributed by atoms with Gasteiger partial charge >= 0.3 is 11.9 Å². The van der Waals surface area contributed by atoms with Crippen molar-refractivity contribution in [2.45, 2.75) is 74.8 Å². The molecule has 56 heavy (non-hydrogen) atoms. The number of ether oxygens (including phenoxy) is 6. The summed E-state index contributed by atoms with van der Waals surface area (Å²) in [6.07, 6.45) is -0.0978. The van der Waals surface area contributed by atoms with E-state index in [0.29, 0.717) is 75.8 Å². The van der Waals surface area contributed by atoms with Crippen LogP contribution in [0.2, 0.25) is 0 Å². The number of piperazine rings is 1. The number of benzene rings is 3. The SMILES string of the molecule is [2H]C([2H])([2H])Oc1ccc2[nH]c3c(c2c1)CCN[C@]31CS[C@@H]2c3c(OC(C)=O)c(C)c4c(c3[C@H](COC1=O)N1[C@@H]2[C@H]2c3c(cc(C)c(OC)c3O)C[C@@H]([C@@H]1O)N2C)OCO4. The fourth-order valence-corrected chi connectivity index (χ4v) is 12.2. The van der Waals surface area contributed by atoms with E-state index < -0.39 is 60.2 Å². The number of esters is 2. The molecule has 294 valence electrons. The number of likely N-dealkylation sites (N-methyl/N-ethyl adjacent to an activating group) is 1. The van der Waals surface area contributed by atoms with Gasteiger partial charge in [-0.05, 0) is 68.6 Å². The molecular formula is C41H44N4O10S. The summed E-state index contributed by atoms with van der Waals surface area (Å²) in [6.45, 7) is 5.16. The van der Waals surface area contributed by atoms with Crippen LogP contribution in [0.25, 0.3) is 10.9 Å². The summed E-state index contributed by atoms with van der Waals surface area (Å²) < 4.78 is 58.8. The number of hydrogen-bond donors (Lipinski definition) is 4. The zero-order chi connectivity index (χ0) is 41.4. The number of aliphatic hydroxyl groups is 1. The number of H-pyrrole nitrogens is 1. The Morgan fingerprint density at radius 2 is 1.93 bits per heavy atom. The van der Waals surface area contributed by atoms with Crippen molar-refractivity contribution in [3.8, 4) is 34.5 Å². The van der Waals surface area contributed by atoms with Gasteiger partial charge in [0.05, 0.1) is 47.3 Å². The molecule has 1 spiro atoms. The number of carbonyl (C=O) groups is 2. The van der Waals surface area contributed by atoms with Gasteiger partial charge in [-0.3, -0.25) is 19.9 Å². The quantitative estimate of drug-likeness (QED) is 0.173. The Morgan fingerprint density at radius 1 is 1.11 bits per heavy atom. The summed E-state index contributed by atoms with van der Waals surface area (Å²) in [7, 11) is 0.833. The molecule has 0 unspecified atom stereocenters. The van der Waals surface area contributed by atoms with Crippen molar-refractivity contribution in [3.63, 3.8) is 0 Å². The Hall–Kier alpha value is -4.67. The Kier molecular flexibility index (Phi) is 7.33. The van der Waals surface area contributed by atoms with Crippen LogP contribution in [-0.2, 0) is 32.7 Å². The molecule has 2 fully saturated rings. The number of aromatic amines is 1. The topological polar surface area (TPSA) is 164 Å². The molecular weight excluding hydrogens is 741 g/mol. The van der Waals surface area contributed by atoms with Crippen molar-refractivity contribution in [3.05, 3.63) is 68.9 Å². The molecule has 0 radical (unpaired) electrons. The molecule has 2 saturated heterocycles. The molecule has 0 aliphatic carbocycles. The number of hydrogen-bond acceptors (Lipinski definition) is 14. The van der Waals surface area contributed by atoms with Crippen LogP contribution >= 0.6 is 11.8 Å². The lowest BCUT2D eigenvalue weighted by molar-refractivity contribution is -0.186. The Balaban J connectivity index is 1.20. The molecule has 7 atom stereocenters. The van der Waals surface area contributed by atoms with Gasteiger partial charge in [0, 0.05) is 58.4 Å². The fourth-order valence-electron chi connectivity index (χ4n) is 10.5. The number of phenolic OH excluding ortho intramolecular Hbond substituents is 1. The van der Waals surface area contributed by atoms with Crippen molar-refractivity contribution >= 4 is 34.6 Å². The van der Waals surface area contributed by atoms with Gasteiger partial charge in [-0.1, -0.05) is 6.07 Å². The molecule has 4 bridgehead atoms. The molecule has 1 aromatic heterocycles. The van der Waals surface area contributed by atoms with Gasteiger partial charge in [0.25, 0.3) is 0 Å². The Bertz CT molecular complexity index is 2480. The van der Waals surface area contributed by atoms with Crippen LogP contribution in [0.1, 0.15) is 73.0 Å². The third kappa shape index (κ3) is 4.71. The van der Waals surface area contributed by atoms with Crippen molar-refractivity contribution < 1.29 is 52.3 Å². The first-order chi connectivity index (χ1) is 28.1. The highest BCUT2D eigenvalue weighted by atomic mass is 32.2. The first-order valence-electron chi connectivity index (χ1n) is 20.2. The number of aryl methyl sites for hydroxylation is 1. The van der Waals surface area contributed by atoms with Crippen LogP contribution < -0.4 is 29.0 Å². The smallest absolute Gasteiger partial charge is 0.333 e. The molecule has 0 saturated carbocycles. The zero-order valence-corrected chi connectivity index (χ0v) is 32.3. The first kappa shape index (κ1) is 32.4. The van der Waals surface area contributed by atoms with Gasteiger partial charge in [0.15, 0.2) is 28.5 Å². The molecule has 3 aromatic carbocycles. The van der Waals surface area contributed by atoms with Crippen LogP contribution in [0, 0.1) is 13.8 Å². The molecule has 11 rings (SSSR count). The number of fused-ring (bicyclic) bond motifs is 11. The molecule has 7 aliphatic heterocycles. The third-order valence-corrected chi connectivity index (χ3v) is 14.3. The van der Waals surface area contributed by atoms with E-state index in [1.807, 2.05) is 31.9 Å². The minimum absolute atomic E-state index is 0.0239. The summed E-state index contributed by atoms with van der Waals surface area (Å²) in [4.78, 5) is 35.5. The van der Waals surface area contributed by atoms with Crippen LogP contribution in [-0.4, -0.2) is 102 Å².